The van der Waals surface area contributed by atoms with Crippen molar-refractivity contribution in [1.82, 2.24) is 5.32 Å². The molecule has 20 heavy (non-hydrogen) atoms. The molecule has 1 amide bonds. The van der Waals surface area contributed by atoms with Gasteiger partial charge in [0.1, 0.15) is 12.1 Å². The number of amides is 1. The summed E-state index contributed by atoms with van der Waals surface area (Å²) in [6.45, 7) is 0.676. The van der Waals surface area contributed by atoms with E-state index in [9.17, 15) is 13.6 Å². The molecule has 1 unspecified atom stereocenters. The van der Waals surface area contributed by atoms with Gasteiger partial charge in [-0.2, -0.15) is 5.26 Å². The number of hydrogen-bond donors (Lipinski definition) is 1. The summed E-state index contributed by atoms with van der Waals surface area (Å²) in [7, 11) is 1.46. The second kappa shape index (κ2) is 5.84. The van der Waals surface area contributed by atoms with Crippen LogP contribution in [0.3, 0.4) is 0 Å². The molecular weight excluding hydrogens is 268 g/mol. The van der Waals surface area contributed by atoms with Crippen molar-refractivity contribution in [3.63, 3.8) is 0 Å². The Hall–Kier alpha value is -2.20. The van der Waals surface area contributed by atoms with E-state index < -0.39 is 17.7 Å². The molecule has 1 N–H and O–H groups in total. The van der Waals surface area contributed by atoms with E-state index >= 15 is 0 Å². The van der Waals surface area contributed by atoms with Crippen molar-refractivity contribution >= 4 is 11.6 Å². The molecule has 1 heterocycles. The normalized spacial score (nSPS) is 18.5. The Morgan fingerprint density at radius 2 is 2.25 bits per heavy atom. The maximum absolute atomic E-state index is 14.0. The predicted molar refractivity (Wildman–Crippen MR) is 67.1 cm³/mol. The average Bonchev–Trinajstić information content (AvgIpc) is 2.49. The number of ether oxygens (including phenoxy) is 1. The molecule has 1 saturated heterocycles. The molecule has 1 fully saturated rings. The highest BCUT2D eigenvalue weighted by Crippen LogP contribution is 2.27. The molecule has 0 radical (unpaired) electrons. The van der Waals surface area contributed by atoms with Crippen LogP contribution in [-0.4, -0.2) is 38.8 Å². The number of nitrogens with one attached hydrogen (secondary N) is 1. The van der Waals surface area contributed by atoms with Gasteiger partial charge >= 0.3 is 0 Å². The van der Waals surface area contributed by atoms with Crippen molar-refractivity contribution in [2.45, 2.75) is 6.04 Å². The maximum atomic E-state index is 14.0. The van der Waals surface area contributed by atoms with Crippen LogP contribution in [0.25, 0.3) is 0 Å². The van der Waals surface area contributed by atoms with E-state index in [1.165, 1.54) is 24.1 Å². The van der Waals surface area contributed by atoms with Gasteiger partial charge in [0.05, 0.1) is 24.5 Å². The molecule has 7 heteroatoms. The number of benzene rings is 1. The molecule has 2 rings (SSSR count). The van der Waals surface area contributed by atoms with E-state index in [1.807, 2.05) is 0 Å². The van der Waals surface area contributed by atoms with Gasteiger partial charge in [-0.15, -0.1) is 0 Å². The highest BCUT2D eigenvalue weighted by atomic mass is 19.2. The van der Waals surface area contributed by atoms with Gasteiger partial charge in [-0.3, -0.25) is 4.79 Å². The lowest BCUT2D eigenvalue weighted by Crippen LogP contribution is -2.53. The van der Waals surface area contributed by atoms with Crippen molar-refractivity contribution in [2.75, 3.05) is 31.7 Å². The number of nitrogens with zero attached hydrogens (tertiary/aromatic N) is 2. The average molecular weight is 281 g/mol. The van der Waals surface area contributed by atoms with E-state index in [2.05, 4.69) is 5.32 Å². The SMILES string of the molecule is CNC(=O)C1COCCN1c1ccc(C#N)c(F)c1F. The zero-order chi connectivity index (χ0) is 14.7. The largest absolute Gasteiger partial charge is 0.377 e. The van der Waals surface area contributed by atoms with Gasteiger partial charge in [0.15, 0.2) is 11.6 Å². The summed E-state index contributed by atoms with van der Waals surface area (Å²) in [5.74, 6) is -2.67. The van der Waals surface area contributed by atoms with Crippen LogP contribution in [0.5, 0.6) is 0 Å². The third-order valence-electron chi connectivity index (χ3n) is 3.17. The molecule has 1 aliphatic heterocycles. The molecule has 1 atom stereocenters. The van der Waals surface area contributed by atoms with E-state index in [1.54, 1.807) is 6.07 Å². The zero-order valence-electron chi connectivity index (χ0n) is 10.8. The number of rotatable bonds is 2. The second-order valence-electron chi connectivity index (χ2n) is 4.27. The first-order valence-electron chi connectivity index (χ1n) is 6.04. The van der Waals surface area contributed by atoms with Crippen LogP contribution in [0.4, 0.5) is 14.5 Å². The van der Waals surface area contributed by atoms with E-state index in [-0.39, 0.29) is 30.3 Å². The lowest BCUT2D eigenvalue weighted by molar-refractivity contribution is -0.124. The number of anilines is 1. The summed E-state index contributed by atoms with van der Waals surface area (Å²) in [5, 5.41) is 11.1. The number of hydrogen-bond acceptors (Lipinski definition) is 4. The van der Waals surface area contributed by atoms with Crippen molar-refractivity contribution in [3.05, 3.63) is 29.3 Å². The quantitative estimate of drug-likeness (QED) is 0.870. The Kier molecular flexibility index (Phi) is 4.15. The lowest BCUT2D eigenvalue weighted by atomic mass is 10.1. The molecule has 1 aromatic carbocycles. The Morgan fingerprint density at radius 3 is 2.90 bits per heavy atom. The molecule has 0 spiro atoms. The molecule has 1 aromatic rings. The first kappa shape index (κ1) is 14.2. The van der Waals surface area contributed by atoms with Crippen LogP contribution in [-0.2, 0) is 9.53 Å². The third-order valence-corrected chi connectivity index (χ3v) is 3.17. The lowest BCUT2D eigenvalue weighted by Gasteiger charge is -2.36. The van der Waals surface area contributed by atoms with Crippen LogP contribution in [0, 0.1) is 23.0 Å². The third kappa shape index (κ3) is 2.42. The molecule has 0 aromatic heterocycles. The summed E-state index contributed by atoms with van der Waals surface area (Å²) >= 11 is 0. The number of nitriles is 1. The first-order valence-corrected chi connectivity index (χ1v) is 6.04. The molecule has 0 saturated carbocycles. The highest BCUT2D eigenvalue weighted by Gasteiger charge is 2.31. The fraction of sp³-hybridized carbons (Fsp3) is 0.385. The molecule has 0 aliphatic carbocycles. The summed E-state index contributed by atoms with van der Waals surface area (Å²) in [6.07, 6.45) is 0. The number of halogens is 2. The predicted octanol–water partition coefficient (Wildman–Crippen LogP) is 0.788. The van der Waals surface area contributed by atoms with Gasteiger partial charge in [-0.25, -0.2) is 8.78 Å². The first-order chi connectivity index (χ1) is 9.60. The van der Waals surface area contributed by atoms with Gasteiger partial charge in [0.2, 0.25) is 5.91 Å². The fourth-order valence-corrected chi connectivity index (χ4v) is 2.12. The number of morpholine rings is 1. The fourth-order valence-electron chi connectivity index (χ4n) is 2.12. The monoisotopic (exact) mass is 281 g/mol. The molecule has 5 nitrogen and oxygen atoms in total. The molecule has 0 bridgehead atoms. The van der Waals surface area contributed by atoms with Crippen LogP contribution in [0.15, 0.2) is 12.1 Å². The van der Waals surface area contributed by atoms with Crippen molar-refractivity contribution in [2.24, 2.45) is 0 Å². The van der Waals surface area contributed by atoms with Gasteiger partial charge in [-0.05, 0) is 12.1 Å². The summed E-state index contributed by atoms with van der Waals surface area (Å²) in [4.78, 5) is 13.2. The van der Waals surface area contributed by atoms with Crippen molar-refractivity contribution in [1.29, 1.82) is 5.26 Å². The molecule has 1 aliphatic rings. The van der Waals surface area contributed by atoms with Crippen LogP contribution in [0.2, 0.25) is 0 Å². The minimum absolute atomic E-state index is 0.0431. The molecular formula is C13H13F2N3O2. The van der Waals surface area contributed by atoms with Gasteiger partial charge in [-0.1, -0.05) is 0 Å². The number of likely N-dealkylation sites (N-methyl/N-ethyl adjacent to an activating group) is 1. The summed E-state index contributed by atoms with van der Waals surface area (Å²) < 4.78 is 32.9. The number of carbonyl (C=O) groups excluding carboxylic acids is 1. The Labute approximate surface area is 114 Å². The second-order valence-corrected chi connectivity index (χ2v) is 4.27. The van der Waals surface area contributed by atoms with Gasteiger partial charge in [0.25, 0.3) is 0 Å². The Morgan fingerprint density at radius 1 is 1.50 bits per heavy atom. The van der Waals surface area contributed by atoms with Crippen molar-refractivity contribution < 1.29 is 18.3 Å². The minimum atomic E-state index is -1.20. The van der Waals surface area contributed by atoms with Crippen LogP contribution >= 0.6 is 0 Å². The minimum Gasteiger partial charge on any atom is -0.377 e. The van der Waals surface area contributed by atoms with E-state index in [0.29, 0.717) is 6.61 Å². The Bertz CT molecular complexity index is 571. The maximum Gasteiger partial charge on any atom is 0.244 e. The Balaban J connectivity index is 2.41. The van der Waals surface area contributed by atoms with Crippen LogP contribution < -0.4 is 10.2 Å². The smallest absolute Gasteiger partial charge is 0.244 e. The number of carbonyl (C=O) groups is 1. The van der Waals surface area contributed by atoms with Crippen molar-refractivity contribution in [3.8, 4) is 6.07 Å². The van der Waals surface area contributed by atoms with Crippen LogP contribution in [0.1, 0.15) is 5.56 Å². The van der Waals surface area contributed by atoms with Gasteiger partial charge < -0.3 is 15.0 Å². The highest BCUT2D eigenvalue weighted by molar-refractivity contribution is 5.85. The zero-order valence-corrected chi connectivity index (χ0v) is 10.8. The summed E-state index contributed by atoms with van der Waals surface area (Å²) in [5.41, 5.74) is -0.408. The van der Waals surface area contributed by atoms with Gasteiger partial charge in [0, 0.05) is 13.6 Å². The standard InChI is InChI=1S/C13H13F2N3O2/c1-17-13(19)10-7-20-5-4-18(10)9-3-2-8(6-16)11(14)12(9)15/h2-3,10H,4-5,7H2,1H3,(H,17,19). The topological polar surface area (TPSA) is 65.4 Å². The molecule has 106 valence electrons. The van der Waals surface area contributed by atoms with E-state index in [4.69, 9.17) is 10.00 Å². The summed E-state index contributed by atoms with van der Waals surface area (Å²) in [6, 6.07) is 3.35. The van der Waals surface area contributed by atoms with E-state index in [0.717, 1.165) is 0 Å².